The van der Waals surface area contributed by atoms with Gasteiger partial charge in [0.2, 0.25) is 5.91 Å². The second kappa shape index (κ2) is 6.72. The van der Waals surface area contributed by atoms with E-state index in [2.05, 4.69) is 5.10 Å². The molecule has 2 aromatic rings. The number of hydrogen-bond donors (Lipinski definition) is 1. The van der Waals surface area contributed by atoms with Crippen LogP contribution in [0, 0.1) is 0 Å². The summed E-state index contributed by atoms with van der Waals surface area (Å²) in [6, 6.07) is 5.96. The lowest BCUT2D eigenvalue weighted by Crippen LogP contribution is -2.51. The van der Waals surface area contributed by atoms with Gasteiger partial charge in [-0.05, 0) is 43.9 Å². The van der Waals surface area contributed by atoms with Crippen molar-refractivity contribution in [2.24, 2.45) is 0 Å². The molecule has 1 aromatic carbocycles. The first-order valence-electron chi connectivity index (χ1n) is 9.50. The lowest BCUT2D eigenvalue weighted by molar-refractivity contribution is -0.119. The highest BCUT2D eigenvalue weighted by atomic mass is 16.4. The van der Waals surface area contributed by atoms with Crippen molar-refractivity contribution in [2.75, 3.05) is 16.3 Å². The molecule has 2 amide bonds. The summed E-state index contributed by atoms with van der Waals surface area (Å²) in [7, 11) is 0. The van der Waals surface area contributed by atoms with E-state index in [0.717, 1.165) is 30.4 Å². The number of carboxylic acid groups (broad SMARTS) is 1. The lowest BCUT2D eigenvalue weighted by Gasteiger charge is -2.40. The van der Waals surface area contributed by atoms with E-state index in [4.69, 9.17) is 0 Å². The van der Waals surface area contributed by atoms with Crippen molar-refractivity contribution in [3.63, 3.8) is 0 Å². The molecule has 7 heteroatoms. The van der Waals surface area contributed by atoms with Crippen molar-refractivity contribution in [3.8, 4) is 11.1 Å². The summed E-state index contributed by atoms with van der Waals surface area (Å²) in [5, 5.41) is 14.1. The molecule has 1 aliphatic heterocycles. The van der Waals surface area contributed by atoms with Gasteiger partial charge in [0.25, 0.3) is 0 Å². The van der Waals surface area contributed by atoms with Crippen molar-refractivity contribution in [1.29, 1.82) is 0 Å². The van der Waals surface area contributed by atoms with Gasteiger partial charge < -0.3 is 10.0 Å². The molecule has 1 saturated carbocycles. The molecule has 1 N–H and O–H groups in total. The van der Waals surface area contributed by atoms with E-state index >= 15 is 0 Å². The molecule has 1 aliphatic carbocycles. The normalized spacial score (nSPS) is 19.1. The van der Waals surface area contributed by atoms with Gasteiger partial charge in [-0.15, -0.1) is 0 Å². The number of anilines is 2. The highest BCUT2D eigenvalue weighted by Crippen LogP contribution is 2.40. The van der Waals surface area contributed by atoms with E-state index in [1.807, 2.05) is 49.1 Å². The Bertz CT molecular complexity index is 887. The Hall–Kier alpha value is -2.83. The number of benzene rings is 1. The van der Waals surface area contributed by atoms with Crippen LogP contribution in [-0.2, 0) is 4.79 Å². The quantitative estimate of drug-likeness (QED) is 0.887. The number of aromatic nitrogens is 2. The van der Waals surface area contributed by atoms with Crippen LogP contribution in [0.3, 0.4) is 0 Å². The standard InChI is InChI=1S/C20H24N4O3/c1-3-4-19(25)24-13(2)11-22(20(26)27)18-9-14(5-8-17(18)24)15-10-21-23(12-15)16-6-7-16/h5,8-10,12-13,16H,3-4,6-7,11H2,1-2H3,(H,26,27)/t13-/m0/s1. The lowest BCUT2D eigenvalue weighted by atomic mass is 10.0. The van der Waals surface area contributed by atoms with Gasteiger partial charge in [-0.2, -0.15) is 5.10 Å². The first-order valence-corrected chi connectivity index (χ1v) is 9.50. The minimum atomic E-state index is -1.00. The summed E-state index contributed by atoms with van der Waals surface area (Å²) in [4.78, 5) is 27.5. The molecule has 142 valence electrons. The molecule has 27 heavy (non-hydrogen) atoms. The number of carbonyl (C=O) groups is 2. The summed E-state index contributed by atoms with van der Waals surface area (Å²) in [6.45, 7) is 4.13. The van der Waals surface area contributed by atoms with Crippen LogP contribution >= 0.6 is 0 Å². The zero-order chi connectivity index (χ0) is 19.1. The Labute approximate surface area is 158 Å². The van der Waals surface area contributed by atoms with E-state index in [1.165, 1.54) is 4.90 Å². The molecule has 2 aliphatic rings. The molecule has 1 fully saturated rings. The van der Waals surface area contributed by atoms with Gasteiger partial charge in [-0.1, -0.05) is 13.0 Å². The average Bonchev–Trinajstić information content (AvgIpc) is 3.37. The van der Waals surface area contributed by atoms with Gasteiger partial charge >= 0.3 is 6.09 Å². The molecule has 0 bridgehead atoms. The van der Waals surface area contributed by atoms with Crippen molar-refractivity contribution < 1.29 is 14.7 Å². The Balaban J connectivity index is 1.75. The highest BCUT2D eigenvalue weighted by molar-refractivity contribution is 6.03. The van der Waals surface area contributed by atoms with Crippen LogP contribution in [0.1, 0.15) is 45.6 Å². The summed E-state index contributed by atoms with van der Waals surface area (Å²) < 4.78 is 1.98. The van der Waals surface area contributed by atoms with Gasteiger partial charge in [-0.3, -0.25) is 14.4 Å². The summed E-state index contributed by atoms with van der Waals surface area (Å²) in [5.74, 6) is 0.0330. The number of hydrogen-bond acceptors (Lipinski definition) is 3. The van der Waals surface area contributed by atoms with E-state index < -0.39 is 6.09 Å². The molecule has 0 unspecified atom stereocenters. The number of amides is 2. The number of rotatable bonds is 4. The minimum Gasteiger partial charge on any atom is -0.465 e. The van der Waals surface area contributed by atoms with Gasteiger partial charge in [-0.25, -0.2) is 4.79 Å². The van der Waals surface area contributed by atoms with Crippen LogP contribution in [0.25, 0.3) is 11.1 Å². The number of carbonyl (C=O) groups excluding carboxylic acids is 1. The fraction of sp³-hybridized carbons (Fsp3) is 0.450. The largest absolute Gasteiger partial charge is 0.465 e. The van der Waals surface area contributed by atoms with Gasteiger partial charge in [0.1, 0.15) is 0 Å². The number of nitrogens with zero attached hydrogens (tertiary/aromatic N) is 4. The van der Waals surface area contributed by atoms with Crippen LogP contribution in [0.2, 0.25) is 0 Å². The summed E-state index contributed by atoms with van der Waals surface area (Å²) >= 11 is 0. The third kappa shape index (κ3) is 3.18. The van der Waals surface area contributed by atoms with E-state index in [-0.39, 0.29) is 18.5 Å². The van der Waals surface area contributed by atoms with Crippen molar-refractivity contribution in [2.45, 2.75) is 51.6 Å². The highest BCUT2D eigenvalue weighted by Gasteiger charge is 2.34. The third-order valence-electron chi connectivity index (χ3n) is 5.23. The van der Waals surface area contributed by atoms with E-state index in [1.54, 1.807) is 4.90 Å². The van der Waals surface area contributed by atoms with Crippen LogP contribution in [-0.4, -0.2) is 39.5 Å². The molecule has 4 rings (SSSR count). The Morgan fingerprint density at radius 1 is 1.22 bits per heavy atom. The maximum Gasteiger partial charge on any atom is 0.411 e. The Morgan fingerprint density at radius 3 is 2.67 bits per heavy atom. The monoisotopic (exact) mass is 368 g/mol. The number of fused-ring (bicyclic) bond motifs is 1. The zero-order valence-electron chi connectivity index (χ0n) is 15.6. The zero-order valence-corrected chi connectivity index (χ0v) is 15.6. The third-order valence-corrected chi connectivity index (χ3v) is 5.23. The van der Waals surface area contributed by atoms with Crippen LogP contribution in [0.5, 0.6) is 0 Å². The first-order chi connectivity index (χ1) is 13.0. The molecule has 1 aromatic heterocycles. The molecule has 0 spiro atoms. The smallest absolute Gasteiger partial charge is 0.411 e. The predicted molar refractivity (Wildman–Crippen MR) is 103 cm³/mol. The fourth-order valence-electron chi connectivity index (χ4n) is 3.73. The second-order valence-electron chi connectivity index (χ2n) is 7.40. The molecule has 2 heterocycles. The Morgan fingerprint density at radius 2 is 2.00 bits per heavy atom. The second-order valence-corrected chi connectivity index (χ2v) is 7.40. The molecular formula is C20H24N4O3. The predicted octanol–water partition coefficient (Wildman–Crippen LogP) is 3.90. The summed E-state index contributed by atoms with van der Waals surface area (Å²) in [6.07, 6.45) is 6.35. The maximum atomic E-state index is 12.6. The van der Waals surface area contributed by atoms with Crippen LogP contribution in [0.15, 0.2) is 30.6 Å². The first kappa shape index (κ1) is 17.6. The van der Waals surface area contributed by atoms with Crippen molar-refractivity contribution in [3.05, 3.63) is 30.6 Å². The fourth-order valence-corrected chi connectivity index (χ4v) is 3.73. The maximum absolute atomic E-state index is 12.6. The Kier molecular flexibility index (Phi) is 4.37. The minimum absolute atomic E-state index is 0.0330. The molecule has 7 nitrogen and oxygen atoms in total. The van der Waals surface area contributed by atoms with Crippen LogP contribution < -0.4 is 9.80 Å². The van der Waals surface area contributed by atoms with Crippen LogP contribution in [0.4, 0.5) is 16.2 Å². The van der Waals surface area contributed by atoms with E-state index in [9.17, 15) is 14.7 Å². The average molecular weight is 368 g/mol. The summed E-state index contributed by atoms with van der Waals surface area (Å²) in [5.41, 5.74) is 3.08. The van der Waals surface area contributed by atoms with Crippen molar-refractivity contribution >= 4 is 23.4 Å². The van der Waals surface area contributed by atoms with Gasteiger partial charge in [0.15, 0.2) is 0 Å². The van der Waals surface area contributed by atoms with Gasteiger partial charge in [0, 0.05) is 24.7 Å². The molecular weight excluding hydrogens is 344 g/mol. The van der Waals surface area contributed by atoms with Crippen molar-refractivity contribution in [1.82, 2.24) is 9.78 Å². The molecule has 0 saturated heterocycles. The topological polar surface area (TPSA) is 78.7 Å². The van der Waals surface area contributed by atoms with E-state index in [0.29, 0.717) is 23.8 Å². The molecule has 1 atom stereocenters. The SMILES string of the molecule is CCCC(=O)N1c2ccc(-c3cnn(C4CC4)c3)cc2N(C(=O)O)C[C@@H]1C. The molecule has 0 radical (unpaired) electrons. The van der Waals surface area contributed by atoms with Gasteiger partial charge in [0.05, 0.1) is 29.7 Å².